The van der Waals surface area contributed by atoms with Crippen molar-refractivity contribution in [1.82, 2.24) is 19.7 Å². The Morgan fingerprint density at radius 1 is 1.10 bits per heavy atom. The Morgan fingerprint density at radius 3 is 2.39 bits per heavy atom. The van der Waals surface area contributed by atoms with Crippen LogP contribution in [0.3, 0.4) is 0 Å². The molecule has 162 valence electrons. The number of carbonyl (C=O) groups excluding carboxylic acids is 1. The summed E-state index contributed by atoms with van der Waals surface area (Å²) < 4.78 is 16.1. The Morgan fingerprint density at radius 2 is 1.77 bits per heavy atom. The third kappa shape index (κ3) is 4.63. The van der Waals surface area contributed by atoms with Crippen LogP contribution in [-0.2, 0) is 0 Å². The van der Waals surface area contributed by atoms with Gasteiger partial charge in [0.15, 0.2) is 0 Å². The Labute approximate surface area is 179 Å². The van der Waals surface area contributed by atoms with Crippen LogP contribution in [0.15, 0.2) is 58.1 Å². The zero-order chi connectivity index (χ0) is 22.7. The van der Waals surface area contributed by atoms with Crippen molar-refractivity contribution >= 4 is 5.91 Å². The lowest BCUT2D eigenvalue weighted by atomic mass is 10.1. The molecule has 0 fully saturated rings. The van der Waals surface area contributed by atoms with E-state index in [0.29, 0.717) is 17.7 Å². The van der Waals surface area contributed by atoms with E-state index in [1.165, 1.54) is 12.1 Å². The van der Waals surface area contributed by atoms with Crippen molar-refractivity contribution in [2.75, 3.05) is 6.54 Å². The molecular weight excluding hydrogens is 399 g/mol. The first-order valence-corrected chi connectivity index (χ1v) is 10.1. The maximum Gasteiger partial charge on any atom is 0.352 e. The quantitative estimate of drug-likeness (QED) is 0.659. The van der Waals surface area contributed by atoms with Crippen molar-refractivity contribution in [3.63, 3.8) is 0 Å². The Bertz CT molecular complexity index is 1220. The molecule has 0 aliphatic heterocycles. The van der Waals surface area contributed by atoms with Gasteiger partial charge in [0.1, 0.15) is 5.82 Å². The second kappa shape index (κ2) is 9.07. The Hall–Kier alpha value is -3.55. The fourth-order valence-corrected chi connectivity index (χ4v) is 3.12. The lowest BCUT2D eigenvalue weighted by Gasteiger charge is -2.18. The molecule has 7 nitrogen and oxygen atoms in total. The van der Waals surface area contributed by atoms with Crippen LogP contribution in [0.1, 0.15) is 48.4 Å². The van der Waals surface area contributed by atoms with E-state index in [-0.39, 0.29) is 11.6 Å². The number of amides is 1. The van der Waals surface area contributed by atoms with Gasteiger partial charge in [0.2, 0.25) is 5.69 Å². The van der Waals surface area contributed by atoms with Crippen molar-refractivity contribution in [3.8, 4) is 5.69 Å². The fraction of sp³-hybridized carbons (Fsp3) is 0.304. The van der Waals surface area contributed by atoms with Crippen molar-refractivity contribution in [3.05, 3.63) is 92.0 Å². The molecule has 0 bridgehead atoms. The molecule has 8 heteroatoms. The number of carbonyl (C=O) groups is 1. The number of halogens is 1. The largest absolute Gasteiger partial charge is 0.352 e. The van der Waals surface area contributed by atoms with E-state index in [4.69, 9.17) is 0 Å². The first-order valence-electron chi connectivity index (χ1n) is 10.1. The fourth-order valence-electron chi connectivity index (χ4n) is 3.12. The van der Waals surface area contributed by atoms with Gasteiger partial charge in [-0.05, 0) is 37.0 Å². The number of aryl methyl sites for hydroxylation is 1. The smallest absolute Gasteiger partial charge is 0.350 e. The molecule has 0 spiro atoms. The lowest BCUT2D eigenvalue weighted by Crippen LogP contribution is -2.47. The van der Waals surface area contributed by atoms with Crippen molar-refractivity contribution in [2.45, 2.75) is 33.7 Å². The van der Waals surface area contributed by atoms with Gasteiger partial charge in [-0.2, -0.15) is 9.78 Å². The summed E-state index contributed by atoms with van der Waals surface area (Å²) in [6.07, 6.45) is 0. The standard InChI is InChI=1S/C23H25FN4O3/c1-14(2)13-25-21(29)20-22(30)27(16(4)17-8-6-5-7-9-17)23(31)28(26-20)18-11-10-15(3)19(24)12-18/h5-12,14,16H,13H2,1-4H3,(H,25,29). The van der Waals surface area contributed by atoms with Gasteiger partial charge in [-0.25, -0.2) is 13.8 Å². The Kier molecular flexibility index (Phi) is 6.48. The molecule has 1 atom stereocenters. The summed E-state index contributed by atoms with van der Waals surface area (Å²) in [5.74, 6) is -1.05. The van der Waals surface area contributed by atoms with Crippen LogP contribution in [-0.4, -0.2) is 26.8 Å². The van der Waals surface area contributed by atoms with Crippen molar-refractivity contribution in [2.24, 2.45) is 5.92 Å². The second-order valence-electron chi connectivity index (χ2n) is 7.84. The molecule has 1 N–H and O–H groups in total. The SMILES string of the molecule is Cc1ccc(-n2nc(C(=O)NCC(C)C)c(=O)n(C(C)c3ccccc3)c2=O)cc1F. The van der Waals surface area contributed by atoms with E-state index in [0.717, 1.165) is 15.3 Å². The predicted octanol–water partition coefficient (Wildman–Crippen LogP) is 2.84. The molecule has 31 heavy (non-hydrogen) atoms. The highest BCUT2D eigenvalue weighted by atomic mass is 19.1. The van der Waals surface area contributed by atoms with Crippen molar-refractivity contribution in [1.29, 1.82) is 0 Å². The molecule has 1 amide bonds. The molecular formula is C23H25FN4O3. The van der Waals surface area contributed by atoms with Gasteiger partial charge in [0, 0.05) is 12.6 Å². The first kappa shape index (κ1) is 22.1. The number of rotatable bonds is 6. The van der Waals surface area contributed by atoms with Gasteiger partial charge in [-0.1, -0.05) is 50.2 Å². The number of hydrogen-bond donors (Lipinski definition) is 1. The molecule has 1 unspecified atom stereocenters. The van der Waals surface area contributed by atoms with Crippen LogP contribution in [0.4, 0.5) is 4.39 Å². The maximum atomic E-state index is 14.2. The molecule has 0 aliphatic rings. The van der Waals surface area contributed by atoms with Gasteiger partial charge in [0.05, 0.1) is 11.7 Å². The summed E-state index contributed by atoms with van der Waals surface area (Å²) in [6.45, 7) is 7.46. The van der Waals surface area contributed by atoms with Gasteiger partial charge in [-0.15, -0.1) is 0 Å². The lowest BCUT2D eigenvalue weighted by molar-refractivity contribution is 0.0939. The average molecular weight is 424 g/mol. The topological polar surface area (TPSA) is 86.0 Å². The molecule has 2 aromatic carbocycles. The normalized spacial score (nSPS) is 12.1. The van der Waals surface area contributed by atoms with Gasteiger partial charge in [0.25, 0.3) is 11.5 Å². The molecule has 0 saturated heterocycles. The summed E-state index contributed by atoms with van der Waals surface area (Å²) in [6, 6.07) is 12.5. The number of nitrogens with one attached hydrogen (secondary N) is 1. The summed E-state index contributed by atoms with van der Waals surface area (Å²) in [5.41, 5.74) is -0.749. The highest BCUT2D eigenvalue weighted by molar-refractivity contribution is 5.91. The summed E-state index contributed by atoms with van der Waals surface area (Å²) >= 11 is 0. The molecule has 1 aromatic heterocycles. The van der Waals surface area contributed by atoms with E-state index in [9.17, 15) is 18.8 Å². The number of aromatic nitrogens is 3. The zero-order valence-electron chi connectivity index (χ0n) is 17.9. The zero-order valence-corrected chi connectivity index (χ0v) is 17.9. The summed E-state index contributed by atoms with van der Waals surface area (Å²) in [7, 11) is 0. The number of hydrogen-bond acceptors (Lipinski definition) is 4. The monoisotopic (exact) mass is 424 g/mol. The van der Waals surface area contributed by atoms with Gasteiger partial charge >= 0.3 is 5.69 Å². The third-order valence-electron chi connectivity index (χ3n) is 4.96. The van der Waals surface area contributed by atoms with Gasteiger partial charge < -0.3 is 5.32 Å². The van der Waals surface area contributed by atoms with Gasteiger partial charge in [-0.3, -0.25) is 9.59 Å². The molecule has 0 saturated carbocycles. The molecule has 3 rings (SSSR count). The van der Waals surface area contributed by atoms with E-state index in [1.54, 1.807) is 38.1 Å². The number of nitrogens with zero attached hydrogens (tertiary/aromatic N) is 3. The molecule has 0 radical (unpaired) electrons. The van der Waals surface area contributed by atoms with Crippen LogP contribution < -0.4 is 16.6 Å². The van der Waals surface area contributed by atoms with E-state index in [2.05, 4.69) is 10.4 Å². The van der Waals surface area contributed by atoms with Crippen LogP contribution in [0.5, 0.6) is 0 Å². The average Bonchev–Trinajstić information content (AvgIpc) is 2.75. The summed E-state index contributed by atoms with van der Waals surface area (Å²) in [4.78, 5) is 39.1. The van der Waals surface area contributed by atoms with Crippen LogP contribution in [0.25, 0.3) is 5.69 Å². The highest BCUT2D eigenvalue weighted by Crippen LogP contribution is 2.15. The minimum absolute atomic E-state index is 0.125. The minimum atomic E-state index is -0.800. The van der Waals surface area contributed by atoms with E-state index in [1.807, 2.05) is 19.9 Å². The maximum absolute atomic E-state index is 14.2. The highest BCUT2D eigenvalue weighted by Gasteiger charge is 2.24. The van der Waals surface area contributed by atoms with Crippen LogP contribution >= 0.6 is 0 Å². The second-order valence-corrected chi connectivity index (χ2v) is 7.84. The van der Waals surface area contributed by atoms with E-state index >= 15 is 0 Å². The predicted molar refractivity (Wildman–Crippen MR) is 116 cm³/mol. The van der Waals surface area contributed by atoms with Crippen LogP contribution in [0, 0.1) is 18.7 Å². The molecule has 0 aliphatic carbocycles. The Balaban J connectivity index is 2.24. The third-order valence-corrected chi connectivity index (χ3v) is 4.96. The molecule has 1 heterocycles. The molecule has 3 aromatic rings. The van der Waals surface area contributed by atoms with Crippen molar-refractivity contribution < 1.29 is 9.18 Å². The summed E-state index contributed by atoms with van der Waals surface area (Å²) in [5, 5.41) is 6.68. The first-order chi connectivity index (χ1) is 14.7. The number of benzene rings is 2. The van der Waals surface area contributed by atoms with E-state index < -0.39 is 34.7 Å². The minimum Gasteiger partial charge on any atom is -0.350 e. The van der Waals surface area contributed by atoms with Crippen LogP contribution in [0.2, 0.25) is 0 Å².